The molecule has 2 rings (SSSR count). The Morgan fingerprint density at radius 3 is 2.24 bits per heavy atom. The van der Waals surface area contributed by atoms with Crippen molar-refractivity contribution in [3.63, 3.8) is 0 Å². The molecule has 0 radical (unpaired) electrons. The van der Waals surface area contributed by atoms with Gasteiger partial charge in [0, 0.05) is 10.0 Å². The van der Waals surface area contributed by atoms with Gasteiger partial charge in [0.15, 0.2) is 5.82 Å². The molecule has 7 heteroatoms. The Bertz CT molecular complexity index is 570. The monoisotopic (exact) mass is 398 g/mol. The van der Waals surface area contributed by atoms with E-state index in [-0.39, 0.29) is 21.9 Å². The standard InChI is InChI=1S/C10H3Br2Cl2FN2/c11-6-2-1-4(15)3-5(6)10-16-8(13)7(12)9(14)17-10/h1-3H. The van der Waals surface area contributed by atoms with Crippen LogP contribution in [0.4, 0.5) is 4.39 Å². The maximum absolute atomic E-state index is 13.2. The lowest BCUT2D eigenvalue weighted by Gasteiger charge is -2.05. The highest BCUT2D eigenvalue weighted by Crippen LogP contribution is 2.32. The van der Waals surface area contributed by atoms with Gasteiger partial charge in [0.05, 0.1) is 4.47 Å². The summed E-state index contributed by atoms with van der Waals surface area (Å²) in [5.74, 6) is -0.128. The second-order valence-corrected chi connectivity index (χ2v) is 5.43. The van der Waals surface area contributed by atoms with E-state index in [0.717, 1.165) is 0 Å². The summed E-state index contributed by atoms with van der Waals surface area (Å²) in [6, 6.07) is 4.20. The molecule has 0 N–H and O–H groups in total. The third kappa shape index (κ3) is 2.78. The van der Waals surface area contributed by atoms with E-state index >= 15 is 0 Å². The molecule has 0 aliphatic heterocycles. The summed E-state index contributed by atoms with van der Waals surface area (Å²) in [5.41, 5.74) is 0.487. The van der Waals surface area contributed by atoms with Crippen molar-refractivity contribution in [1.29, 1.82) is 0 Å². The van der Waals surface area contributed by atoms with E-state index in [2.05, 4.69) is 41.8 Å². The summed E-state index contributed by atoms with van der Waals surface area (Å²) in [6.07, 6.45) is 0. The van der Waals surface area contributed by atoms with Crippen LogP contribution in [0.2, 0.25) is 10.3 Å². The zero-order chi connectivity index (χ0) is 12.6. The van der Waals surface area contributed by atoms with Crippen LogP contribution in [0.1, 0.15) is 0 Å². The average molecular weight is 401 g/mol. The topological polar surface area (TPSA) is 25.8 Å². The summed E-state index contributed by atoms with van der Waals surface area (Å²) < 4.78 is 14.2. The number of benzene rings is 1. The lowest BCUT2D eigenvalue weighted by Crippen LogP contribution is -1.93. The summed E-state index contributed by atoms with van der Waals surface area (Å²) in [7, 11) is 0. The van der Waals surface area contributed by atoms with Gasteiger partial charge in [0.25, 0.3) is 0 Å². The van der Waals surface area contributed by atoms with E-state index in [1.807, 2.05) is 0 Å². The van der Waals surface area contributed by atoms with Gasteiger partial charge in [0.2, 0.25) is 0 Å². The van der Waals surface area contributed by atoms with E-state index in [0.29, 0.717) is 14.5 Å². The Kier molecular flexibility index (Phi) is 4.02. The third-order valence-corrected chi connectivity index (χ3v) is 4.39. The van der Waals surface area contributed by atoms with Crippen molar-refractivity contribution in [2.75, 3.05) is 0 Å². The van der Waals surface area contributed by atoms with E-state index in [1.54, 1.807) is 6.07 Å². The zero-order valence-electron chi connectivity index (χ0n) is 8.02. The minimum absolute atomic E-state index is 0.177. The van der Waals surface area contributed by atoms with Gasteiger partial charge < -0.3 is 0 Å². The summed E-state index contributed by atoms with van der Waals surface area (Å²) >= 11 is 18.2. The lowest BCUT2D eigenvalue weighted by atomic mass is 10.2. The van der Waals surface area contributed by atoms with Crippen molar-refractivity contribution in [2.24, 2.45) is 0 Å². The molecule has 0 saturated carbocycles. The van der Waals surface area contributed by atoms with Crippen LogP contribution in [0, 0.1) is 5.82 Å². The minimum Gasteiger partial charge on any atom is -0.215 e. The highest BCUT2D eigenvalue weighted by Gasteiger charge is 2.13. The molecule has 2 nitrogen and oxygen atoms in total. The van der Waals surface area contributed by atoms with Crippen LogP contribution < -0.4 is 0 Å². The van der Waals surface area contributed by atoms with Gasteiger partial charge in [-0.1, -0.05) is 39.1 Å². The third-order valence-electron chi connectivity index (χ3n) is 1.94. The fourth-order valence-electron chi connectivity index (χ4n) is 1.18. The fraction of sp³-hybridized carbons (Fsp3) is 0. The highest BCUT2D eigenvalue weighted by molar-refractivity contribution is 9.11. The fourth-order valence-corrected chi connectivity index (χ4v) is 2.17. The molecule has 0 spiro atoms. The Labute approximate surface area is 123 Å². The zero-order valence-corrected chi connectivity index (χ0v) is 12.7. The van der Waals surface area contributed by atoms with Crippen LogP contribution in [0.25, 0.3) is 11.4 Å². The summed E-state index contributed by atoms with van der Waals surface area (Å²) in [6.45, 7) is 0. The minimum atomic E-state index is -0.387. The van der Waals surface area contributed by atoms with Crippen LogP contribution in [-0.2, 0) is 0 Å². The average Bonchev–Trinajstić information content (AvgIpc) is 2.28. The van der Waals surface area contributed by atoms with Crippen molar-refractivity contribution < 1.29 is 4.39 Å². The molecule has 17 heavy (non-hydrogen) atoms. The molecule has 2 aromatic rings. The first kappa shape index (κ1) is 13.2. The predicted molar refractivity (Wildman–Crippen MR) is 72.8 cm³/mol. The van der Waals surface area contributed by atoms with Gasteiger partial charge in [-0.05, 0) is 34.1 Å². The smallest absolute Gasteiger partial charge is 0.163 e. The highest BCUT2D eigenvalue weighted by atomic mass is 79.9. The quantitative estimate of drug-likeness (QED) is 0.621. The molecule has 1 heterocycles. The molecule has 0 atom stereocenters. The van der Waals surface area contributed by atoms with E-state index in [4.69, 9.17) is 23.2 Å². The molecule has 0 bridgehead atoms. The van der Waals surface area contributed by atoms with Gasteiger partial charge in [0.1, 0.15) is 16.1 Å². The normalized spacial score (nSPS) is 10.6. The van der Waals surface area contributed by atoms with Gasteiger partial charge in [-0.25, -0.2) is 14.4 Å². The van der Waals surface area contributed by atoms with Crippen LogP contribution in [0.15, 0.2) is 27.1 Å². The number of hydrogen-bond acceptors (Lipinski definition) is 2. The van der Waals surface area contributed by atoms with E-state index in [1.165, 1.54) is 12.1 Å². The first-order valence-corrected chi connectivity index (χ1v) is 6.67. The molecular weight excluding hydrogens is 398 g/mol. The van der Waals surface area contributed by atoms with Crippen molar-refractivity contribution in [2.45, 2.75) is 0 Å². The summed E-state index contributed by atoms with van der Waals surface area (Å²) in [4.78, 5) is 8.06. The molecule has 0 aliphatic rings. The van der Waals surface area contributed by atoms with Crippen molar-refractivity contribution in [1.82, 2.24) is 9.97 Å². The van der Waals surface area contributed by atoms with E-state index < -0.39 is 0 Å². The van der Waals surface area contributed by atoms with Crippen LogP contribution in [0.3, 0.4) is 0 Å². The molecular formula is C10H3Br2Cl2FN2. The van der Waals surface area contributed by atoms with Gasteiger partial charge in [-0.2, -0.15) is 0 Å². The van der Waals surface area contributed by atoms with Crippen LogP contribution >= 0.6 is 55.1 Å². The molecule has 0 amide bonds. The maximum Gasteiger partial charge on any atom is 0.163 e. The molecule has 0 saturated heterocycles. The summed E-state index contributed by atoms with van der Waals surface area (Å²) in [5, 5.41) is 0.354. The second-order valence-electron chi connectivity index (χ2n) is 3.07. The molecule has 1 aromatic heterocycles. The Morgan fingerprint density at radius 2 is 1.65 bits per heavy atom. The number of halogens is 5. The van der Waals surface area contributed by atoms with E-state index in [9.17, 15) is 4.39 Å². The molecule has 0 unspecified atom stereocenters. The number of rotatable bonds is 1. The number of hydrogen-bond donors (Lipinski definition) is 0. The first-order valence-electron chi connectivity index (χ1n) is 4.33. The Morgan fingerprint density at radius 1 is 1.06 bits per heavy atom. The predicted octanol–water partition coefficient (Wildman–Crippen LogP) is 5.11. The Balaban J connectivity index is 2.64. The van der Waals surface area contributed by atoms with Crippen molar-refractivity contribution in [3.8, 4) is 11.4 Å². The van der Waals surface area contributed by atoms with Crippen LogP contribution in [-0.4, -0.2) is 9.97 Å². The lowest BCUT2D eigenvalue weighted by molar-refractivity contribution is 0.628. The first-order chi connectivity index (χ1) is 7.99. The van der Waals surface area contributed by atoms with Gasteiger partial charge >= 0.3 is 0 Å². The Hall–Kier alpha value is -0.230. The maximum atomic E-state index is 13.2. The molecule has 1 aromatic carbocycles. The largest absolute Gasteiger partial charge is 0.215 e. The van der Waals surface area contributed by atoms with Crippen molar-refractivity contribution in [3.05, 3.63) is 43.3 Å². The number of aromatic nitrogens is 2. The second kappa shape index (κ2) is 5.18. The van der Waals surface area contributed by atoms with Crippen molar-refractivity contribution >= 4 is 55.1 Å². The van der Waals surface area contributed by atoms with Gasteiger partial charge in [-0.3, -0.25) is 0 Å². The number of nitrogens with zero attached hydrogens (tertiary/aromatic N) is 2. The SMILES string of the molecule is Fc1ccc(Br)c(-c2nc(Cl)c(Br)c(Cl)n2)c1. The molecule has 88 valence electrons. The molecule has 0 aliphatic carbocycles. The van der Waals surface area contributed by atoms with Crippen LogP contribution in [0.5, 0.6) is 0 Å². The van der Waals surface area contributed by atoms with Gasteiger partial charge in [-0.15, -0.1) is 0 Å². The molecule has 0 fully saturated rings.